The second kappa shape index (κ2) is 4.65. The topological polar surface area (TPSA) is 33.1 Å². The quantitative estimate of drug-likeness (QED) is 0.682. The number of aliphatic hydroxyl groups is 1. The number of aromatic nitrogens is 1. The minimum atomic E-state index is -4.26. The fourth-order valence-corrected chi connectivity index (χ4v) is 1.61. The molecule has 0 saturated heterocycles. The SMILES string of the molecule is OC(I)(CCC(F)(F)F)c1ccccn1. The molecule has 1 heterocycles. The number of hydrogen-bond acceptors (Lipinski definition) is 2. The van der Waals surface area contributed by atoms with Gasteiger partial charge in [-0.25, -0.2) is 0 Å². The average molecular weight is 331 g/mol. The van der Waals surface area contributed by atoms with Crippen LogP contribution in [0.25, 0.3) is 0 Å². The molecule has 1 aromatic rings. The first-order chi connectivity index (χ1) is 6.81. The van der Waals surface area contributed by atoms with Crippen molar-refractivity contribution >= 4 is 22.6 Å². The van der Waals surface area contributed by atoms with Gasteiger partial charge in [0.15, 0.2) is 3.61 Å². The van der Waals surface area contributed by atoms with E-state index in [1.807, 2.05) is 0 Å². The van der Waals surface area contributed by atoms with E-state index in [0.29, 0.717) is 0 Å². The first-order valence-corrected chi connectivity index (χ1v) is 5.29. The van der Waals surface area contributed by atoms with Crippen LogP contribution in [0.1, 0.15) is 18.5 Å². The molecular formula is C9H9F3INO. The summed E-state index contributed by atoms with van der Waals surface area (Å²) in [5.74, 6) is 0. The van der Waals surface area contributed by atoms with E-state index in [4.69, 9.17) is 0 Å². The minimum absolute atomic E-state index is 0.245. The van der Waals surface area contributed by atoms with E-state index in [9.17, 15) is 18.3 Å². The van der Waals surface area contributed by atoms with Gasteiger partial charge in [-0.3, -0.25) is 4.98 Å². The molecule has 84 valence electrons. The average Bonchev–Trinajstić information content (AvgIpc) is 2.16. The molecule has 1 aromatic heterocycles. The molecule has 0 amide bonds. The van der Waals surface area contributed by atoms with Crippen LogP contribution in [-0.2, 0) is 3.61 Å². The predicted octanol–water partition coefficient (Wildman–Crippen LogP) is 3.00. The van der Waals surface area contributed by atoms with Crippen molar-refractivity contribution in [3.8, 4) is 0 Å². The van der Waals surface area contributed by atoms with Crippen LogP contribution in [-0.4, -0.2) is 16.3 Å². The van der Waals surface area contributed by atoms with Crippen LogP contribution in [0.2, 0.25) is 0 Å². The van der Waals surface area contributed by atoms with E-state index in [1.54, 1.807) is 34.7 Å². The number of nitrogens with zero attached hydrogens (tertiary/aromatic N) is 1. The van der Waals surface area contributed by atoms with E-state index in [2.05, 4.69) is 4.98 Å². The zero-order valence-electron chi connectivity index (χ0n) is 7.63. The third kappa shape index (κ3) is 4.33. The molecule has 0 aromatic carbocycles. The number of rotatable bonds is 3. The van der Waals surface area contributed by atoms with Gasteiger partial charge in [0, 0.05) is 12.6 Å². The summed E-state index contributed by atoms with van der Waals surface area (Å²) in [6.45, 7) is 0. The Morgan fingerprint density at radius 2 is 1.93 bits per heavy atom. The molecule has 0 bridgehead atoms. The van der Waals surface area contributed by atoms with Gasteiger partial charge in [-0.1, -0.05) is 6.07 Å². The van der Waals surface area contributed by atoms with Crippen molar-refractivity contribution in [1.29, 1.82) is 0 Å². The summed E-state index contributed by atoms with van der Waals surface area (Å²) in [7, 11) is 0. The summed E-state index contributed by atoms with van der Waals surface area (Å²) in [5, 5.41) is 9.77. The molecule has 0 fully saturated rings. The van der Waals surface area contributed by atoms with Crippen molar-refractivity contribution in [2.24, 2.45) is 0 Å². The highest BCUT2D eigenvalue weighted by Crippen LogP contribution is 2.36. The monoisotopic (exact) mass is 331 g/mol. The van der Waals surface area contributed by atoms with E-state index in [-0.39, 0.29) is 5.69 Å². The van der Waals surface area contributed by atoms with Gasteiger partial charge in [0.2, 0.25) is 0 Å². The van der Waals surface area contributed by atoms with Crippen LogP contribution in [0.5, 0.6) is 0 Å². The summed E-state index contributed by atoms with van der Waals surface area (Å²) < 4.78 is 34.3. The van der Waals surface area contributed by atoms with Crippen LogP contribution in [0.4, 0.5) is 13.2 Å². The smallest absolute Gasteiger partial charge is 0.374 e. The molecule has 1 unspecified atom stereocenters. The van der Waals surface area contributed by atoms with Gasteiger partial charge in [-0.05, 0) is 41.1 Å². The highest BCUT2D eigenvalue weighted by molar-refractivity contribution is 14.1. The number of alkyl halides is 4. The Hall–Kier alpha value is -0.370. The molecule has 0 saturated carbocycles. The van der Waals surface area contributed by atoms with E-state index in [1.165, 1.54) is 12.3 Å². The normalized spacial score (nSPS) is 16.1. The van der Waals surface area contributed by atoms with Gasteiger partial charge in [-0.2, -0.15) is 13.2 Å². The largest absolute Gasteiger partial charge is 0.389 e. The highest BCUT2D eigenvalue weighted by Gasteiger charge is 2.34. The third-order valence-electron chi connectivity index (χ3n) is 1.80. The predicted molar refractivity (Wildman–Crippen MR) is 57.4 cm³/mol. The van der Waals surface area contributed by atoms with Gasteiger partial charge < -0.3 is 5.11 Å². The molecule has 1 rings (SSSR count). The van der Waals surface area contributed by atoms with Crippen LogP contribution < -0.4 is 0 Å². The summed E-state index contributed by atoms with van der Waals surface area (Å²) >= 11 is 1.57. The first-order valence-electron chi connectivity index (χ1n) is 4.21. The van der Waals surface area contributed by atoms with Gasteiger partial charge in [-0.15, -0.1) is 0 Å². The molecule has 0 aliphatic carbocycles. The van der Waals surface area contributed by atoms with Crippen LogP contribution >= 0.6 is 22.6 Å². The van der Waals surface area contributed by atoms with Crippen LogP contribution in [0, 0.1) is 0 Å². The third-order valence-corrected chi connectivity index (χ3v) is 2.89. The number of halogens is 4. The molecule has 2 nitrogen and oxygen atoms in total. The zero-order chi connectivity index (χ0) is 11.5. The first kappa shape index (κ1) is 12.7. The zero-order valence-corrected chi connectivity index (χ0v) is 9.79. The Kier molecular flexibility index (Phi) is 3.93. The van der Waals surface area contributed by atoms with E-state index < -0.39 is 22.6 Å². The van der Waals surface area contributed by atoms with Crippen molar-refractivity contribution in [2.75, 3.05) is 0 Å². The van der Waals surface area contributed by atoms with Crippen molar-refractivity contribution in [3.05, 3.63) is 30.1 Å². The molecular weight excluding hydrogens is 322 g/mol. The van der Waals surface area contributed by atoms with Crippen molar-refractivity contribution < 1.29 is 18.3 Å². The Morgan fingerprint density at radius 3 is 2.40 bits per heavy atom. The lowest BCUT2D eigenvalue weighted by Crippen LogP contribution is -2.22. The Morgan fingerprint density at radius 1 is 1.27 bits per heavy atom. The maximum Gasteiger partial charge on any atom is 0.389 e. The molecule has 0 spiro atoms. The summed E-state index contributed by atoms with van der Waals surface area (Å²) in [6.07, 6.45) is -4.24. The molecule has 0 aliphatic heterocycles. The van der Waals surface area contributed by atoms with Crippen LogP contribution in [0.3, 0.4) is 0 Å². The molecule has 6 heteroatoms. The lowest BCUT2D eigenvalue weighted by atomic mass is 10.1. The van der Waals surface area contributed by atoms with Gasteiger partial charge in [0.1, 0.15) is 0 Å². The molecule has 0 aliphatic rings. The Bertz CT molecular complexity index is 313. The number of pyridine rings is 1. The second-order valence-electron chi connectivity index (χ2n) is 3.09. The standard InChI is InChI=1S/C9H9F3INO/c10-9(11,12)5-4-8(13,15)7-3-1-2-6-14-7/h1-3,6,15H,4-5H2. The molecule has 15 heavy (non-hydrogen) atoms. The Balaban J connectivity index is 2.68. The van der Waals surface area contributed by atoms with Gasteiger partial charge >= 0.3 is 6.18 Å². The van der Waals surface area contributed by atoms with E-state index in [0.717, 1.165) is 0 Å². The van der Waals surface area contributed by atoms with Gasteiger partial charge in [0.05, 0.1) is 5.69 Å². The number of hydrogen-bond donors (Lipinski definition) is 1. The van der Waals surface area contributed by atoms with Crippen molar-refractivity contribution in [1.82, 2.24) is 4.98 Å². The lowest BCUT2D eigenvalue weighted by Gasteiger charge is -2.21. The van der Waals surface area contributed by atoms with Crippen molar-refractivity contribution in [3.63, 3.8) is 0 Å². The van der Waals surface area contributed by atoms with Gasteiger partial charge in [0.25, 0.3) is 0 Å². The van der Waals surface area contributed by atoms with E-state index >= 15 is 0 Å². The minimum Gasteiger partial charge on any atom is -0.374 e. The second-order valence-corrected chi connectivity index (χ2v) is 4.87. The van der Waals surface area contributed by atoms with Crippen LogP contribution in [0.15, 0.2) is 24.4 Å². The lowest BCUT2D eigenvalue weighted by molar-refractivity contribution is -0.141. The maximum atomic E-state index is 12.0. The summed E-state index contributed by atoms with van der Waals surface area (Å²) in [4.78, 5) is 3.83. The maximum absolute atomic E-state index is 12.0. The molecule has 1 atom stereocenters. The fraction of sp³-hybridized carbons (Fsp3) is 0.444. The van der Waals surface area contributed by atoms with Crippen molar-refractivity contribution in [2.45, 2.75) is 22.6 Å². The Labute approximate surface area is 98.7 Å². The fourth-order valence-electron chi connectivity index (χ4n) is 1.02. The summed E-state index contributed by atoms with van der Waals surface area (Å²) in [6, 6.07) is 4.77. The summed E-state index contributed by atoms with van der Waals surface area (Å²) in [5.41, 5.74) is 0.245. The molecule has 0 radical (unpaired) electrons. The molecule has 1 N–H and O–H groups in total. The highest BCUT2D eigenvalue weighted by atomic mass is 127.